The van der Waals surface area contributed by atoms with Crippen LogP contribution in [0.5, 0.6) is 17.2 Å². The molecule has 3 aromatic rings. The Balaban J connectivity index is 1.52. The van der Waals surface area contributed by atoms with Crippen molar-refractivity contribution < 1.29 is 23.8 Å². The first-order valence-electron chi connectivity index (χ1n) is 9.05. The zero-order valence-corrected chi connectivity index (χ0v) is 16.0. The first-order chi connectivity index (χ1) is 14.0. The minimum absolute atomic E-state index is 0.200. The van der Waals surface area contributed by atoms with Crippen molar-refractivity contribution in [3.05, 3.63) is 94.7 Å². The number of ketones is 1. The number of hydrogen-bond donors (Lipinski definition) is 0. The van der Waals surface area contributed by atoms with Crippen LogP contribution in [0.4, 0.5) is 0 Å². The van der Waals surface area contributed by atoms with Gasteiger partial charge in [0.25, 0.3) is 0 Å². The maximum atomic E-state index is 12.6. The topological polar surface area (TPSA) is 61.8 Å². The number of aryl methyl sites for hydroxylation is 1. The fourth-order valence-electron chi connectivity index (χ4n) is 2.94. The standard InChI is InChI=1S/C24H18O5/c1-15-3-5-16(6-4-15)13-22-23(25)20-12-11-19(14-21(20)29-22)28-24(26)17-7-9-18(27-2)10-8-17/h3-14H,1-2H3. The number of carbonyl (C=O) groups excluding carboxylic acids is 2. The van der Waals surface area contributed by atoms with Gasteiger partial charge in [-0.3, -0.25) is 4.79 Å². The molecule has 1 heterocycles. The summed E-state index contributed by atoms with van der Waals surface area (Å²) in [5.74, 6) is 0.852. The Morgan fingerprint density at radius 3 is 2.31 bits per heavy atom. The molecule has 3 aromatic carbocycles. The Kier molecular flexibility index (Phi) is 4.87. The molecule has 0 N–H and O–H groups in total. The van der Waals surface area contributed by atoms with E-state index in [1.807, 2.05) is 31.2 Å². The van der Waals surface area contributed by atoms with E-state index >= 15 is 0 Å². The van der Waals surface area contributed by atoms with Crippen LogP contribution in [0, 0.1) is 6.92 Å². The van der Waals surface area contributed by atoms with Crippen LogP contribution in [0.25, 0.3) is 6.08 Å². The molecule has 0 aliphatic carbocycles. The Hall–Kier alpha value is -3.86. The molecule has 1 aliphatic heterocycles. The van der Waals surface area contributed by atoms with Gasteiger partial charge in [0.1, 0.15) is 17.2 Å². The van der Waals surface area contributed by atoms with E-state index in [-0.39, 0.29) is 11.5 Å². The van der Waals surface area contributed by atoms with Gasteiger partial charge in [0, 0.05) is 6.07 Å². The lowest BCUT2D eigenvalue weighted by Gasteiger charge is -2.06. The summed E-state index contributed by atoms with van der Waals surface area (Å²) in [6, 6.07) is 19.1. The summed E-state index contributed by atoms with van der Waals surface area (Å²) < 4.78 is 16.2. The molecule has 5 nitrogen and oxygen atoms in total. The largest absolute Gasteiger partial charge is 0.497 e. The predicted octanol–water partition coefficient (Wildman–Crippen LogP) is 4.84. The van der Waals surface area contributed by atoms with Crippen molar-refractivity contribution in [1.82, 2.24) is 0 Å². The maximum absolute atomic E-state index is 12.6. The molecule has 0 amide bonds. The average molecular weight is 386 g/mol. The lowest BCUT2D eigenvalue weighted by molar-refractivity contribution is 0.0734. The SMILES string of the molecule is COc1ccc(C(=O)Oc2ccc3c(c2)OC(=Cc2ccc(C)cc2)C3=O)cc1. The number of benzene rings is 3. The zero-order chi connectivity index (χ0) is 20.4. The highest BCUT2D eigenvalue weighted by Crippen LogP contribution is 2.35. The summed E-state index contributed by atoms with van der Waals surface area (Å²) in [4.78, 5) is 24.9. The van der Waals surface area contributed by atoms with Gasteiger partial charge in [0.05, 0.1) is 18.2 Å². The normalized spacial score (nSPS) is 13.7. The van der Waals surface area contributed by atoms with E-state index in [9.17, 15) is 9.59 Å². The molecule has 0 aromatic heterocycles. The van der Waals surface area contributed by atoms with Crippen molar-refractivity contribution in [3.63, 3.8) is 0 Å². The number of Topliss-reactive ketones (excluding diaryl/α,β-unsaturated/α-hetero) is 1. The number of methoxy groups -OCH3 is 1. The Bertz CT molecular complexity index is 1110. The van der Waals surface area contributed by atoms with Crippen molar-refractivity contribution in [1.29, 1.82) is 0 Å². The Morgan fingerprint density at radius 2 is 1.62 bits per heavy atom. The third-order valence-electron chi connectivity index (χ3n) is 4.55. The molecular weight excluding hydrogens is 368 g/mol. The zero-order valence-electron chi connectivity index (χ0n) is 16.0. The van der Waals surface area contributed by atoms with Crippen LogP contribution in [0.15, 0.2) is 72.5 Å². The van der Waals surface area contributed by atoms with Crippen LogP contribution < -0.4 is 14.2 Å². The molecule has 0 fully saturated rings. The highest BCUT2D eigenvalue weighted by Gasteiger charge is 2.28. The van der Waals surface area contributed by atoms with Crippen molar-refractivity contribution in [2.75, 3.05) is 7.11 Å². The molecule has 0 bridgehead atoms. The third-order valence-corrected chi connectivity index (χ3v) is 4.55. The van der Waals surface area contributed by atoms with Gasteiger partial charge in [-0.2, -0.15) is 0 Å². The van der Waals surface area contributed by atoms with Crippen LogP contribution in [0.2, 0.25) is 0 Å². The van der Waals surface area contributed by atoms with Crippen molar-refractivity contribution >= 4 is 17.8 Å². The van der Waals surface area contributed by atoms with Crippen LogP contribution in [0.3, 0.4) is 0 Å². The van der Waals surface area contributed by atoms with Gasteiger partial charge in [0.2, 0.25) is 5.78 Å². The first kappa shape index (κ1) is 18.5. The molecule has 0 unspecified atom stereocenters. The lowest BCUT2D eigenvalue weighted by Crippen LogP contribution is -2.08. The summed E-state index contributed by atoms with van der Waals surface area (Å²) in [6.45, 7) is 2.00. The molecule has 1 aliphatic rings. The first-order valence-corrected chi connectivity index (χ1v) is 9.05. The molecule has 0 radical (unpaired) electrons. The highest BCUT2D eigenvalue weighted by molar-refractivity contribution is 6.14. The van der Waals surface area contributed by atoms with E-state index in [0.717, 1.165) is 11.1 Å². The smallest absolute Gasteiger partial charge is 0.343 e. The van der Waals surface area contributed by atoms with Crippen LogP contribution in [-0.4, -0.2) is 18.9 Å². The molecule has 0 saturated heterocycles. The minimum Gasteiger partial charge on any atom is -0.497 e. The van der Waals surface area contributed by atoms with Crippen LogP contribution in [0.1, 0.15) is 31.8 Å². The molecular formula is C24H18O5. The van der Waals surface area contributed by atoms with E-state index in [0.29, 0.717) is 28.4 Å². The second-order valence-electron chi connectivity index (χ2n) is 6.63. The molecule has 0 atom stereocenters. The predicted molar refractivity (Wildman–Crippen MR) is 109 cm³/mol. The molecule has 144 valence electrons. The van der Waals surface area contributed by atoms with Gasteiger partial charge in [-0.15, -0.1) is 0 Å². The van der Waals surface area contributed by atoms with Crippen molar-refractivity contribution in [3.8, 4) is 17.2 Å². The number of allylic oxidation sites excluding steroid dienone is 1. The molecule has 5 heteroatoms. The Labute approximate surface area is 168 Å². The van der Waals surface area contributed by atoms with Gasteiger partial charge < -0.3 is 14.2 Å². The van der Waals surface area contributed by atoms with Gasteiger partial charge >= 0.3 is 5.97 Å². The molecule has 0 spiro atoms. The van der Waals surface area contributed by atoms with E-state index in [1.165, 1.54) is 0 Å². The van der Waals surface area contributed by atoms with Crippen molar-refractivity contribution in [2.45, 2.75) is 6.92 Å². The number of ether oxygens (including phenoxy) is 3. The summed E-state index contributed by atoms with van der Waals surface area (Å²) in [7, 11) is 1.56. The molecule has 29 heavy (non-hydrogen) atoms. The number of esters is 1. The van der Waals surface area contributed by atoms with Gasteiger partial charge in [-0.25, -0.2) is 4.79 Å². The van der Waals surface area contributed by atoms with Gasteiger partial charge in [-0.05, 0) is 55.0 Å². The number of fused-ring (bicyclic) bond motifs is 1. The Morgan fingerprint density at radius 1 is 0.931 bits per heavy atom. The lowest BCUT2D eigenvalue weighted by atomic mass is 10.1. The summed E-state index contributed by atoms with van der Waals surface area (Å²) in [5.41, 5.74) is 2.84. The highest BCUT2D eigenvalue weighted by atomic mass is 16.5. The fraction of sp³-hybridized carbons (Fsp3) is 0.0833. The van der Waals surface area contributed by atoms with Gasteiger partial charge in [0.15, 0.2) is 5.76 Å². The number of carbonyl (C=O) groups is 2. The summed E-state index contributed by atoms with van der Waals surface area (Å²) >= 11 is 0. The van der Waals surface area contributed by atoms with Crippen LogP contribution >= 0.6 is 0 Å². The van der Waals surface area contributed by atoms with E-state index in [1.54, 1.807) is 55.7 Å². The van der Waals surface area contributed by atoms with Crippen molar-refractivity contribution in [2.24, 2.45) is 0 Å². The minimum atomic E-state index is -0.507. The summed E-state index contributed by atoms with van der Waals surface area (Å²) in [5, 5.41) is 0. The monoisotopic (exact) mass is 386 g/mol. The molecule has 4 rings (SSSR count). The molecule has 0 saturated carbocycles. The maximum Gasteiger partial charge on any atom is 0.343 e. The summed E-state index contributed by atoms with van der Waals surface area (Å²) in [6.07, 6.45) is 1.70. The fourth-order valence-corrected chi connectivity index (χ4v) is 2.94. The second kappa shape index (κ2) is 7.64. The third kappa shape index (κ3) is 3.89. The average Bonchev–Trinajstić information content (AvgIpc) is 3.04. The van der Waals surface area contributed by atoms with Crippen LogP contribution in [-0.2, 0) is 0 Å². The second-order valence-corrected chi connectivity index (χ2v) is 6.63. The van der Waals surface area contributed by atoms with E-state index in [2.05, 4.69) is 0 Å². The van der Waals surface area contributed by atoms with Gasteiger partial charge in [-0.1, -0.05) is 29.8 Å². The quantitative estimate of drug-likeness (QED) is 0.365. The number of rotatable bonds is 4. The number of hydrogen-bond acceptors (Lipinski definition) is 5. The van der Waals surface area contributed by atoms with E-state index in [4.69, 9.17) is 14.2 Å². The van der Waals surface area contributed by atoms with E-state index < -0.39 is 5.97 Å².